The van der Waals surface area contributed by atoms with Gasteiger partial charge in [0.15, 0.2) is 0 Å². The van der Waals surface area contributed by atoms with Gasteiger partial charge in [0.2, 0.25) is 0 Å². The number of rotatable bonds is 5. The van der Waals surface area contributed by atoms with Crippen LogP contribution in [0.3, 0.4) is 0 Å². The maximum Gasteiger partial charge on any atom is 0.257 e. The van der Waals surface area contributed by atoms with Crippen molar-refractivity contribution in [3.05, 3.63) is 17.5 Å². The highest BCUT2D eigenvalue weighted by Crippen LogP contribution is 2.31. The van der Waals surface area contributed by atoms with Crippen molar-refractivity contribution in [2.45, 2.75) is 51.5 Å². The zero-order valence-corrected chi connectivity index (χ0v) is 14.8. The Morgan fingerprint density at radius 3 is 2.74 bits per heavy atom. The highest BCUT2D eigenvalue weighted by Gasteiger charge is 2.29. The van der Waals surface area contributed by atoms with Gasteiger partial charge in [-0.15, -0.1) is 0 Å². The van der Waals surface area contributed by atoms with E-state index in [0.29, 0.717) is 12.0 Å². The summed E-state index contributed by atoms with van der Waals surface area (Å²) in [4.78, 5) is 17.1. The summed E-state index contributed by atoms with van der Waals surface area (Å²) < 4.78 is 2.10. The van der Waals surface area contributed by atoms with E-state index in [1.165, 1.54) is 32.1 Å². The van der Waals surface area contributed by atoms with Crippen molar-refractivity contribution in [1.29, 1.82) is 0 Å². The highest BCUT2D eigenvalue weighted by molar-refractivity contribution is 5.95. The number of aromatic nitrogens is 2. The SMILES string of the molecule is Cc1c(C(=O)N2CCC(CCN(C)C)C2)cnn1C1CCCC1. The average molecular weight is 318 g/mol. The van der Waals surface area contributed by atoms with E-state index < -0.39 is 0 Å². The van der Waals surface area contributed by atoms with Crippen LogP contribution in [0.25, 0.3) is 0 Å². The van der Waals surface area contributed by atoms with Crippen LogP contribution in [-0.4, -0.2) is 59.2 Å². The first kappa shape index (κ1) is 16.5. The second kappa shape index (κ2) is 7.04. The molecule has 2 aliphatic rings. The van der Waals surface area contributed by atoms with Gasteiger partial charge in [0, 0.05) is 18.8 Å². The molecule has 1 atom stereocenters. The number of hydrogen-bond donors (Lipinski definition) is 0. The van der Waals surface area contributed by atoms with Crippen LogP contribution in [-0.2, 0) is 0 Å². The van der Waals surface area contributed by atoms with Gasteiger partial charge in [-0.3, -0.25) is 9.48 Å². The Labute approximate surface area is 139 Å². The fourth-order valence-electron chi connectivity index (χ4n) is 4.01. The van der Waals surface area contributed by atoms with Crippen LogP contribution in [0.4, 0.5) is 0 Å². The molecule has 1 aromatic rings. The minimum Gasteiger partial charge on any atom is -0.338 e. The second-order valence-corrected chi connectivity index (χ2v) is 7.52. The molecule has 1 aliphatic heterocycles. The van der Waals surface area contributed by atoms with Crippen molar-refractivity contribution in [1.82, 2.24) is 19.6 Å². The lowest BCUT2D eigenvalue weighted by atomic mass is 10.1. The molecule has 1 saturated heterocycles. The molecule has 3 rings (SSSR count). The molecule has 5 nitrogen and oxygen atoms in total. The van der Waals surface area contributed by atoms with Crippen molar-refractivity contribution in [2.75, 3.05) is 33.7 Å². The smallest absolute Gasteiger partial charge is 0.257 e. The molecular weight excluding hydrogens is 288 g/mol. The van der Waals surface area contributed by atoms with Crippen LogP contribution in [0.5, 0.6) is 0 Å². The first-order valence-corrected chi connectivity index (χ1v) is 9.04. The van der Waals surface area contributed by atoms with Gasteiger partial charge in [0.1, 0.15) is 0 Å². The predicted molar refractivity (Wildman–Crippen MR) is 91.7 cm³/mol. The fourth-order valence-corrected chi connectivity index (χ4v) is 4.01. The average Bonchev–Trinajstić information content (AvgIpc) is 3.25. The van der Waals surface area contributed by atoms with Gasteiger partial charge in [-0.2, -0.15) is 5.10 Å². The number of carbonyl (C=O) groups is 1. The Hall–Kier alpha value is -1.36. The van der Waals surface area contributed by atoms with Crippen LogP contribution in [0.15, 0.2) is 6.20 Å². The lowest BCUT2D eigenvalue weighted by Gasteiger charge is -2.18. The molecule has 128 valence electrons. The third kappa shape index (κ3) is 3.60. The first-order valence-electron chi connectivity index (χ1n) is 9.04. The molecule has 0 N–H and O–H groups in total. The molecule has 1 saturated carbocycles. The van der Waals surface area contributed by atoms with E-state index in [9.17, 15) is 4.79 Å². The third-order valence-electron chi connectivity index (χ3n) is 5.50. The predicted octanol–water partition coefficient (Wildman–Crippen LogP) is 2.72. The van der Waals surface area contributed by atoms with Gasteiger partial charge < -0.3 is 9.80 Å². The van der Waals surface area contributed by atoms with Gasteiger partial charge in [0.25, 0.3) is 5.91 Å². The van der Waals surface area contributed by atoms with Crippen molar-refractivity contribution < 1.29 is 4.79 Å². The molecule has 1 aliphatic carbocycles. The summed E-state index contributed by atoms with van der Waals surface area (Å²) in [6.07, 6.45) is 9.08. The summed E-state index contributed by atoms with van der Waals surface area (Å²) in [7, 11) is 4.22. The zero-order valence-electron chi connectivity index (χ0n) is 14.8. The van der Waals surface area contributed by atoms with Crippen LogP contribution in [0, 0.1) is 12.8 Å². The van der Waals surface area contributed by atoms with E-state index in [1.54, 1.807) is 6.20 Å². The number of hydrogen-bond acceptors (Lipinski definition) is 3. The van der Waals surface area contributed by atoms with Gasteiger partial charge in [-0.05, 0) is 59.2 Å². The summed E-state index contributed by atoms with van der Waals surface area (Å²) in [6, 6.07) is 0.503. The molecule has 1 unspecified atom stereocenters. The number of likely N-dealkylation sites (tertiary alicyclic amines) is 1. The largest absolute Gasteiger partial charge is 0.338 e. The van der Waals surface area contributed by atoms with E-state index >= 15 is 0 Å². The highest BCUT2D eigenvalue weighted by atomic mass is 16.2. The van der Waals surface area contributed by atoms with Crippen molar-refractivity contribution >= 4 is 5.91 Å². The Morgan fingerprint density at radius 1 is 1.30 bits per heavy atom. The Morgan fingerprint density at radius 2 is 2.04 bits per heavy atom. The molecular formula is C18H30N4O. The lowest BCUT2D eigenvalue weighted by Crippen LogP contribution is -2.29. The van der Waals surface area contributed by atoms with Crippen molar-refractivity contribution in [3.63, 3.8) is 0 Å². The standard InChI is InChI=1S/C18H30N4O/c1-14-17(12-19-22(14)16-6-4-5-7-16)18(23)21-11-9-15(13-21)8-10-20(2)3/h12,15-16H,4-11,13H2,1-3H3. The van der Waals surface area contributed by atoms with Crippen LogP contribution < -0.4 is 0 Å². The zero-order chi connectivity index (χ0) is 16.4. The fraction of sp³-hybridized carbons (Fsp3) is 0.778. The molecule has 5 heteroatoms. The molecule has 0 spiro atoms. The molecule has 23 heavy (non-hydrogen) atoms. The molecule has 0 aromatic carbocycles. The van der Waals surface area contributed by atoms with Gasteiger partial charge in [-0.25, -0.2) is 0 Å². The number of nitrogens with zero attached hydrogens (tertiary/aromatic N) is 4. The molecule has 0 bridgehead atoms. The molecule has 1 amide bonds. The Bertz CT molecular complexity index is 545. The van der Waals surface area contributed by atoms with Crippen LogP contribution in [0.1, 0.15) is 60.6 Å². The lowest BCUT2D eigenvalue weighted by molar-refractivity contribution is 0.0785. The maximum atomic E-state index is 12.8. The van der Waals surface area contributed by atoms with E-state index in [1.807, 2.05) is 4.90 Å². The van der Waals surface area contributed by atoms with E-state index in [-0.39, 0.29) is 5.91 Å². The molecule has 2 heterocycles. The van der Waals surface area contributed by atoms with Crippen LogP contribution >= 0.6 is 0 Å². The summed E-state index contributed by atoms with van der Waals surface area (Å²) in [5.41, 5.74) is 1.86. The summed E-state index contributed by atoms with van der Waals surface area (Å²) in [5.74, 6) is 0.825. The Balaban J connectivity index is 1.62. The molecule has 2 fully saturated rings. The van der Waals surface area contributed by atoms with Crippen LogP contribution in [0.2, 0.25) is 0 Å². The minimum atomic E-state index is 0.180. The maximum absolute atomic E-state index is 12.8. The van der Waals surface area contributed by atoms with E-state index in [0.717, 1.165) is 37.3 Å². The quantitative estimate of drug-likeness (QED) is 0.838. The van der Waals surface area contributed by atoms with Gasteiger partial charge >= 0.3 is 0 Å². The van der Waals surface area contributed by atoms with Crippen molar-refractivity contribution in [2.24, 2.45) is 5.92 Å². The molecule has 1 aromatic heterocycles. The summed E-state index contributed by atoms with van der Waals surface area (Å²) in [5, 5.41) is 4.53. The second-order valence-electron chi connectivity index (χ2n) is 7.52. The Kier molecular flexibility index (Phi) is 5.05. The first-order chi connectivity index (χ1) is 11.1. The summed E-state index contributed by atoms with van der Waals surface area (Å²) >= 11 is 0. The number of amides is 1. The van der Waals surface area contributed by atoms with Crippen molar-refractivity contribution in [3.8, 4) is 0 Å². The third-order valence-corrected chi connectivity index (χ3v) is 5.50. The van der Waals surface area contributed by atoms with Gasteiger partial charge in [0.05, 0.1) is 17.8 Å². The monoisotopic (exact) mass is 318 g/mol. The molecule has 0 radical (unpaired) electrons. The van der Waals surface area contributed by atoms with Gasteiger partial charge in [-0.1, -0.05) is 12.8 Å². The number of carbonyl (C=O) groups excluding carboxylic acids is 1. The minimum absolute atomic E-state index is 0.180. The summed E-state index contributed by atoms with van der Waals surface area (Å²) in [6.45, 7) is 4.95. The van der Waals surface area contributed by atoms with E-state index in [2.05, 4.69) is 35.7 Å². The van der Waals surface area contributed by atoms with E-state index in [4.69, 9.17) is 0 Å². The topological polar surface area (TPSA) is 41.4 Å². The normalized spacial score (nSPS) is 22.4.